The Bertz CT molecular complexity index is 2940. The number of nitrogens with zero attached hydrogens (tertiary/aromatic N) is 2. The second-order valence-corrected chi connectivity index (χ2v) is 13.5. The van der Waals surface area contributed by atoms with Crippen LogP contribution in [-0.2, 0) is 0 Å². The maximum Gasteiger partial charge on any atom is 0.145 e. The number of benzene rings is 9. The van der Waals surface area contributed by atoms with Gasteiger partial charge in [-0.25, -0.2) is 4.98 Å². The normalized spacial score (nSPS) is 11.9. The number of imidazole rings is 1. The Labute approximate surface area is 295 Å². The van der Waals surface area contributed by atoms with Crippen molar-refractivity contribution in [2.24, 2.45) is 0 Å². The van der Waals surface area contributed by atoms with E-state index >= 15 is 0 Å². The van der Waals surface area contributed by atoms with Gasteiger partial charge in [-0.05, 0) is 101 Å². The van der Waals surface area contributed by atoms with Crippen LogP contribution in [0.5, 0.6) is 0 Å². The molecule has 10 aromatic rings. The van der Waals surface area contributed by atoms with Crippen molar-refractivity contribution >= 4 is 43.4 Å². The van der Waals surface area contributed by atoms with Gasteiger partial charge >= 0.3 is 0 Å². The molecule has 236 valence electrons. The van der Waals surface area contributed by atoms with Crippen molar-refractivity contribution in [2.75, 3.05) is 0 Å². The molecule has 0 saturated heterocycles. The van der Waals surface area contributed by atoms with Gasteiger partial charge in [0.05, 0.1) is 11.0 Å². The summed E-state index contributed by atoms with van der Waals surface area (Å²) in [5.41, 5.74) is 14.5. The highest BCUT2D eigenvalue weighted by Gasteiger charge is 2.24. The Hall–Kier alpha value is -6.77. The van der Waals surface area contributed by atoms with E-state index in [0.29, 0.717) is 0 Å². The lowest BCUT2D eigenvalue weighted by Gasteiger charge is -2.20. The van der Waals surface area contributed by atoms with Crippen molar-refractivity contribution in [2.45, 2.75) is 0 Å². The van der Waals surface area contributed by atoms with Gasteiger partial charge in [-0.3, -0.25) is 4.57 Å². The van der Waals surface area contributed by atoms with E-state index in [1.54, 1.807) is 0 Å². The van der Waals surface area contributed by atoms with Gasteiger partial charge in [0, 0.05) is 11.3 Å². The van der Waals surface area contributed by atoms with Gasteiger partial charge in [0.2, 0.25) is 0 Å². The topological polar surface area (TPSA) is 17.8 Å². The van der Waals surface area contributed by atoms with E-state index in [1.807, 2.05) is 0 Å². The van der Waals surface area contributed by atoms with E-state index in [9.17, 15) is 0 Å². The lowest BCUT2D eigenvalue weighted by atomic mass is 9.84. The molecule has 11 rings (SSSR count). The molecular weight excluding hydrogens is 617 g/mol. The zero-order chi connectivity index (χ0) is 33.5. The first kappa shape index (κ1) is 28.1. The molecule has 0 fully saturated rings. The Morgan fingerprint density at radius 3 is 1.63 bits per heavy atom. The second kappa shape index (κ2) is 10.9. The van der Waals surface area contributed by atoms with Gasteiger partial charge in [-0.1, -0.05) is 158 Å². The molecule has 0 radical (unpaired) electrons. The number of para-hydroxylation sites is 2. The summed E-state index contributed by atoms with van der Waals surface area (Å²) in [5.74, 6) is 0.938. The summed E-state index contributed by atoms with van der Waals surface area (Å²) in [5, 5.41) is 7.65. The quantitative estimate of drug-likeness (QED) is 0.174. The number of aromatic nitrogens is 2. The standard InChI is InChI=1S/C49H30N2/c1-2-14-31(15-3-1)49-50-44-26-10-11-27-45(44)51(49)33-17-12-16-32(30-33)46-37-20-6-8-22-39(37)48(40-23-9-7-21-38(40)46)43-29-28-42-35-19-5-4-18-34(35)36-24-13-25-41(43)47(36)42/h1-30H. The third-order valence-corrected chi connectivity index (χ3v) is 10.7. The molecule has 0 N–H and O–H groups in total. The molecule has 2 nitrogen and oxygen atoms in total. The van der Waals surface area contributed by atoms with Crippen LogP contribution in [0.15, 0.2) is 182 Å². The van der Waals surface area contributed by atoms with E-state index in [2.05, 4.69) is 187 Å². The van der Waals surface area contributed by atoms with Gasteiger partial charge < -0.3 is 0 Å². The molecule has 0 atom stereocenters. The van der Waals surface area contributed by atoms with Crippen LogP contribution in [0, 0.1) is 0 Å². The van der Waals surface area contributed by atoms with Gasteiger partial charge in [0.25, 0.3) is 0 Å². The molecule has 2 heteroatoms. The maximum atomic E-state index is 5.12. The van der Waals surface area contributed by atoms with Crippen LogP contribution < -0.4 is 0 Å². The number of rotatable bonds is 4. The van der Waals surface area contributed by atoms with Crippen molar-refractivity contribution in [3.8, 4) is 61.6 Å². The maximum absolute atomic E-state index is 5.12. The summed E-state index contributed by atoms with van der Waals surface area (Å²) >= 11 is 0. The molecule has 0 saturated carbocycles. The Balaban J connectivity index is 1.18. The largest absolute Gasteiger partial charge is 0.292 e. The van der Waals surface area contributed by atoms with Crippen molar-refractivity contribution in [3.05, 3.63) is 182 Å². The highest BCUT2D eigenvalue weighted by Crippen LogP contribution is 2.51. The van der Waals surface area contributed by atoms with Gasteiger partial charge in [0.1, 0.15) is 5.82 Å². The summed E-state index contributed by atoms with van der Waals surface area (Å²) in [6.07, 6.45) is 0. The molecule has 1 heterocycles. The van der Waals surface area contributed by atoms with Crippen molar-refractivity contribution < 1.29 is 0 Å². The summed E-state index contributed by atoms with van der Waals surface area (Å²) in [6, 6.07) is 66.1. The summed E-state index contributed by atoms with van der Waals surface area (Å²) < 4.78 is 2.30. The molecule has 0 aliphatic heterocycles. The molecule has 9 aromatic carbocycles. The first-order valence-electron chi connectivity index (χ1n) is 17.6. The molecule has 0 spiro atoms. The third kappa shape index (κ3) is 4.08. The van der Waals surface area contributed by atoms with Crippen molar-refractivity contribution in [1.29, 1.82) is 0 Å². The van der Waals surface area contributed by atoms with E-state index in [-0.39, 0.29) is 0 Å². The Kier molecular flexibility index (Phi) is 5.99. The van der Waals surface area contributed by atoms with Crippen molar-refractivity contribution in [3.63, 3.8) is 0 Å². The fraction of sp³-hybridized carbons (Fsp3) is 0. The number of hydrogen-bond donors (Lipinski definition) is 0. The molecule has 51 heavy (non-hydrogen) atoms. The molecular formula is C49H30N2. The summed E-state index contributed by atoms with van der Waals surface area (Å²) in [7, 11) is 0. The fourth-order valence-electron chi connectivity index (χ4n) is 8.62. The predicted octanol–water partition coefficient (Wildman–Crippen LogP) is 13.1. The van der Waals surface area contributed by atoms with Gasteiger partial charge in [-0.2, -0.15) is 0 Å². The SMILES string of the molecule is c1ccc(-c2nc3ccccc3n2-c2cccc(-c3c4ccccc4c(-c4ccc5c6c(cccc46)-c4ccccc4-5)c4ccccc34)c2)cc1. The fourth-order valence-corrected chi connectivity index (χ4v) is 8.62. The Morgan fingerprint density at radius 2 is 0.882 bits per heavy atom. The molecule has 1 aliphatic rings. The van der Waals surface area contributed by atoms with Gasteiger partial charge in [-0.15, -0.1) is 0 Å². The second-order valence-electron chi connectivity index (χ2n) is 13.5. The van der Waals surface area contributed by atoms with E-state index in [0.717, 1.165) is 28.1 Å². The average Bonchev–Trinajstić information content (AvgIpc) is 3.75. The van der Waals surface area contributed by atoms with E-state index in [1.165, 1.54) is 76.8 Å². The minimum absolute atomic E-state index is 0.938. The van der Waals surface area contributed by atoms with Crippen molar-refractivity contribution in [1.82, 2.24) is 9.55 Å². The zero-order valence-electron chi connectivity index (χ0n) is 27.7. The summed E-state index contributed by atoms with van der Waals surface area (Å²) in [4.78, 5) is 5.12. The molecule has 0 amide bonds. The van der Waals surface area contributed by atoms with Crippen LogP contribution in [0.4, 0.5) is 0 Å². The summed E-state index contributed by atoms with van der Waals surface area (Å²) in [6.45, 7) is 0. The number of hydrogen-bond acceptors (Lipinski definition) is 1. The van der Waals surface area contributed by atoms with Crippen LogP contribution in [0.2, 0.25) is 0 Å². The van der Waals surface area contributed by atoms with Crippen LogP contribution in [0.25, 0.3) is 105 Å². The molecule has 1 aliphatic carbocycles. The average molecular weight is 647 g/mol. The van der Waals surface area contributed by atoms with Crippen LogP contribution in [-0.4, -0.2) is 9.55 Å². The van der Waals surface area contributed by atoms with Crippen LogP contribution in [0.1, 0.15) is 0 Å². The first-order valence-corrected chi connectivity index (χ1v) is 17.6. The highest BCUT2D eigenvalue weighted by atomic mass is 15.1. The highest BCUT2D eigenvalue weighted by molar-refractivity contribution is 6.26. The minimum Gasteiger partial charge on any atom is -0.292 e. The lowest BCUT2D eigenvalue weighted by molar-refractivity contribution is 1.10. The smallest absolute Gasteiger partial charge is 0.145 e. The lowest BCUT2D eigenvalue weighted by Crippen LogP contribution is -1.98. The Morgan fingerprint density at radius 1 is 0.353 bits per heavy atom. The van der Waals surface area contributed by atoms with Crippen LogP contribution >= 0.6 is 0 Å². The first-order chi connectivity index (χ1) is 25.3. The van der Waals surface area contributed by atoms with E-state index in [4.69, 9.17) is 4.98 Å². The molecule has 0 bridgehead atoms. The third-order valence-electron chi connectivity index (χ3n) is 10.7. The zero-order valence-corrected chi connectivity index (χ0v) is 27.7. The van der Waals surface area contributed by atoms with Gasteiger partial charge in [0.15, 0.2) is 0 Å². The van der Waals surface area contributed by atoms with Crippen LogP contribution in [0.3, 0.4) is 0 Å². The number of fused-ring (bicyclic) bond motifs is 6. The molecule has 0 unspecified atom stereocenters. The predicted molar refractivity (Wildman–Crippen MR) is 214 cm³/mol. The monoisotopic (exact) mass is 646 g/mol. The van der Waals surface area contributed by atoms with E-state index < -0.39 is 0 Å². The minimum atomic E-state index is 0.938. The molecule has 1 aromatic heterocycles.